The van der Waals surface area contributed by atoms with Crippen LogP contribution in [0.5, 0.6) is 5.75 Å². The number of para-hydroxylation sites is 1. The fourth-order valence-corrected chi connectivity index (χ4v) is 2.46. The highest BCUT2D eigenvalue weighted by atomic mass is 19.3. The van der Waals surface area contributed by atoms with Crippen LogP contribution in [0.4, 0.5) is 20.2 Å². The Bertz CT molecular complexity index is 997. The lowest BCUT2D eigenvalue weighted by atomic mass is 10.1. The number of hydrogen-bond acceptors (Lipinski definition) is 8. The van der Waals surface area contributed by atoms with E-state index >= 15 is 0 Å². The molecule has 29 heavy (non-hydrogen) atoms. The summed E-state index contributed by atoms with van der Waals surface area (Å²) in [6.07, 6.45) is 0.209. The van der Waals surface area contributed by atoms with E-state index in [-0.39, 0.29) is 11.4 Å². The van der Waals surface area contributed by atoms with E-state index in [1.807, 2.05) is 5.48 Å². The average Bonchev–Trinajstić information content (AvgIpc) is 3.14. The molecule has 12 heteroatoms. The summed E-state index contributed by atoms with van der Waals surface area (Å²) in [5.41, 5.74) is 3.17. The molecule has 0 aliphatic heterocycles. The molecule has 0 fully saturated rings. The van der Waals surface area contributed by atoms with E-state index in [2.05, 4.69) is 30.4 Å². The lowest BCUT2D eigenvalue weighted by Gasteiger charge is -2.15. The lowest BCUT2D eigenvalue weighted by molar-refractivity contribution is -0.0254. The first kappa shape index (κ1) is 20.1. The zero-order chi connectivity index (χ0) is 20.8. The van der Waals surface area contributed by atoms with Crippen molar-refractivity contribution in [2.45, 2.75) is 6.43 Å². The summed E-state index contributed by atoms with van der Waals surface area (Å²) >= 11 is 0. The number of ether oxygens (including phenoxy) is 1. The van der Waals surface area contributed by atoms with Gasteiger partial charge in [0.05, 0.1) is 30.2 Å². The number of benzene rings is 1. The average molecular weight is 405 g/mol. The first-order chi connectivity index (χ1) is 14.0. The number of rotatable bonds is 8. The van der Waals surface area contributed by atoms with Crippen LogP contribution in [0.2, 0.25) is 0 Å². The van der Waals surface area contributed by atoms with Crippen molar-refractivity contribution in [3.8, 4) is 17.1 Å². The number of anilines is 2. The van der Waals surface area contributed by atoms with Crippen molar-refractivity contribution >= 4 is 17.3 Å². The molecule has 0 unspecified atom stereocenters. The summed E-state index contributed by atoms with van der Waals surface area (Å²) in [5.74, 6) is 0.0674. The van der Waals surface area contributed by atoms with Crippen LogP contribution in [-0.4, -0.2) is 51.0 Å². The standard InChI is InChI=1S/C17H17F2N7O3/c1-26-9-20-16(24-26)10-4-3-5-12(15(10)28-2)22-11-6-7-21-23-14(11)17(27)25-29-8-13(18)19/h3-7,9,13H,8H2,1-2H3,(H,21,22)(H,25,27). The third-order valence-electron chi connectivity index (χ3n) is 3.64. The molecule has 2 heterocycles. The van der Waals surface area contributed by atoms with Crippen LogP contribution >= 0.6 is 0 Å². The molecule has 0 spiro atoms. The summed E-state index contributed by atoms with van der Waals surface area (Å²) in [6, 6.07) is 6.77. The molecule has 0 saturated carbocycles. The number of carbonyl (C=O) groups is 1. The van der Waals surface area contributed by atoms with Crippen LogP contribution in [0.25, 0.3) is 11.4 Å². The number of methoxy groups -OCH3 is 1. The third-order valence-corrected chi connectivity index (χ3v) is 3.64. The Morgan fingerprint density at radius 1 is 1.28 bits per heavy atom. The van der Waals surface area contributed by atoms with Gasteiger partial charge in [-0.25, -0.2) is 19.2 Å². The molecule has 2 aromatic heterocycles. The molecule has 1 aromatic carbocycles. The molecule has 10 nitrogen and oxygen atoms in total. The van der Waals surface area contributed by atoms with Gasteiger partial charge in [-0.15, -0.1) is 5.10 Å². The molecule has 0 atom stereocenters. The smallest absolute Gasteiger partial charge is 0.297 e. The maximum atomic E-state index is 12.2. The quantitative estimate of drug-likeness (QED) is 0.547. The number of carbonyl (C=O) groups excluding carboxylic acids is 1. The number of aromatic nitrogens is 5. The van der Waals surface area contributed by atoms with Gasteiger partial charge in [0.2, 0.25) is 0 Å². The normalized spacial score (nSPS) is 10.8. The summed E-state index contributed by atoms with van der Waals surface area (Å²) < 4.78 is 31.4. The topological polar surface area (TPSA) is 116 Å². The molecule has 0 bridgehead atoms. The highest BCUT2D eigenvalue weighted by Gasteiger charge is 2.18. The highest BCUT2D eigenvalue weighted by molar-refractivity contribution is 5.98. The zero-order valence-corrected chi connectivity index (χ0v) is 15.5. The third kappa shape index (κ3) is 4.79. The Kier molecular flexibility index (Phi) is 6.24. The molecule has 1 amide bonds. The SMILES string of the molecule is COc1c(Nc2ccnnc2C(=O)NOCC(F)F)cccc1-c1ncn(C)n1. The van der Waals surface area contributed by atoms with Gasteiger partial charge in [0.1, 0.15) is 12.9 Å². The van der Waals surface area contributed by atoms with Crippen LogP contribution in [0.1, 0.15) is 10.5 Å². The van der Waals surface area contributed by atoms with Crippen molar-refractivity contribution in [2.75, 3.05) is 19.0 Å². The van der Waals surface area contributed by atoms with E-state index in [4.69, 9.17) is 4.74 Å². The van der Waals surface area contributed by atoms with E-state index in [0.29, 0.717) is 22.8 Å². The molecule has 2 N–H and O–H groups in total. The van der Waals surface area contributed by atoms with Gasteiger partial charge in [0.25, 0.3) is 12.3 Å². The van der Waals surface area contributed by atoms with E-state index in [1.54, 1.807) is 36.3 Å². The Morgan fingerprint density at radius 3 is 2.79 bits per heavy atom. The molecule has 3 rings (SSSR count). The van der Waals surface area contributed by atoms with E-state index < -0.39 is 18.9 Å². The zero-order valence-electron chi connectivity index (χ0n) is 15.5. The molecule has 0 radical (unpaired) electrons. The van der Waals surface area contributed by atoms with Gasteiger partial charge in [-0.1, -0.05) is 6.07 Å². The lowest BCUT2D eigenvalue weighted by Crippen LogP contribution is -2.27. The number of hydroxylamine groups is 1. The number of halogens is 2. The van der Waals surface area contributed by atoms with Gasteiger partial charge in [0.15, 0.2) is 17.3 Å². The molecule has 0 saturated heterocycles. The Balaban J connectivity index is 1.88. The van der Waals surface area contributed by atoms with Gasteiger partial charge >= 0.3 is 0 Å². The minimum absolute atomic E-state index is 0.148. The predicted octanol–water partition coefficient (Wildman–Crippen LogP) is 1.95. The monoisotopic (exact) mass is 405 g/mol. The maximum Gasteiger partial charge on any atom is 0.297 e. The first-order valence-electron chi connectivity index (χ1n) is 8.31. The van der Waals surface area contributed by atoms with Crippen LogP contribution < -0.4 is 15.5 Å². The number of nitrogens with one attached hydrogen (secondary N) is 2. The number of alkyl halides is 2. The van der Waals surface area contributed by atoms with Gasteiger partial charge in [-0.05, 0) is 18.2 Å². The van der Waals surface area contributed by atoms with Gasteiger partial charge in [-0.3, -0.25) is 14.3 Å². The van der Waals surface area contributed by atoms with Crippen molar-refractivity contribution in [1.82, 2.24) is 30.4 Å². The molecular formula is C17H17F2N7O3. The van der Waals surface area contributed by atoms with Crippen molar-refractivity contribution < 1.29 is 23.1 Å². The Morgan fingerprint density at radius 2 is 2.10 bits per heavy atom. The Labute approximate surface area is 163 Å². The van der Waals surface area contributed by atoms with E-state index in [1.165, 1.54) is 19.4 Å². The molecule has 152 valence electrons. The van der Waals surface area contributed by atoms with Crippen molar-refractivity contribution in [3.05, 3.63) is 42.5 Å². The fourth-order valence-electron chi connectivity index (χ4n) is 2.46. The second-order valence-corrected chi connectivity index (χ2v) is 5.68. The maximum absolute atomic E-state index is 12.2. The van der Waals surface area contributed by atoms with Crippen LogP contribution in [0.3, 0.4) is 0 Å². The van der Waals surface area contributed by atoms with Crippen molar-refractivity contribution in [2.24, 2.45) is 7.05 Å². The van der Waals surface area contributed by atoms with Gasteiger partial charge in [-0.2, -0.15) is 10.2 Å². The number of amides is 1. The number of nitrogens with zero attached hydrogens (tertiary/aromatic N) is 5. The van der Waals surface area contributed by atoms with Crippen molar-refractivity contribution in [3.63, 3.8) is 0 Å². The molecule has 0 aliphatic carbocycles. The van der Waals surface area contributed by atoms with Crippen LogP contribution in [0, 0.1) is 0 Å². The largest absolute Gasteiger partial charge is 0.494 e. The minimum Gasteiger partial charge on any atom is -0.494 e. The molecule has 0 aliphatic rings. The number of aryl methyl sites for hydroxylation is 1. The van der Waals surface area contributed by atoms with E-state index in [9.17, 15) is 13.6 Å². The second kappa shape index (κ2) is 9.01. The highest BCUT2D eigenvalue weighted by Crippen LogP contribution is 2.36. The Hall–Kier alpha value is -3.67. The van der Waals surface area contributed by atoms with E-state index in [0.717, 1.165) is 0 Å². The van der Waals surface area contributed by atoms with Gasteiger partial charge < -0.3 is 10.1 Å². The fraction of sp³-hybridized carbons (Fsp3) is 0.235. The number of hydrogen-bond donors (Lipinski definition) is 2. The van der Waals surface area contributed by atoms with Crippen LogP contribution in [0.15, 0.2) is 36.8 Å². The molecular weight excluding hydrogens is 388 g/mol. The summed E-state index contributed by atoms with van der Waals surface area (Å²) in [6.45, 7) is -0.943. The predicted molar refractivity (Wildman–Crippen MR) is 97.7 cm³/mol. The summed E-state index contributed by atoms with van der Waals surface area (Å²) in [5, 5.41) is 14.7. The second-order valence-electron chi connectivity index (χ2n) is 5.68. The first-order valence-corrected chi connectivity index (χ1v) is 8.31. The minimum atomic E-state index is -2.72. The van der Waals surface area contributed by atoms with Gasteiger partial charge in [0, 0.05) is 7.05 Å². The van der Waals surface area contributed by atoms with Crippen LogP contribution in [-0.2, 0) is 11.9 Å². The van der Waals surface area contributed by atoms with Crippen molar-refractivity contribution in [1.29, 1.82) is 0 Å². The summed E-state index contributed by atoms with van der Waals surface area (Å²) in [7, 11) is 3.23. The summed E-state index contributed by atoms with van der Waals surface area (Å²) in [4.78, 5) is 20.9. The molecule has 3 aromatic rings.